The molecular formula is C29H22N2O4. The highest BCUT2D eigenvalue weighted by Gasteiger charge is 2.09. The molecule has 0 saturated carbocycles. The fraction of sp³-hybridized carbons (Fsp3) is 0.103. The van der Waals surface area contributed by atoms with Crippen LogP contribution in [0.1, 0.15) is 11.1 Å². The summed E-state index contributed by atoms with van der Waals surface area (Å²) < 4.78 is 16.8. The lowest BCUT2D eigenvalue weighted by Crippen LogP contribution is -2.04. The fourth-order valence-electron chi connectivity index (χ4n) is 3.72. The van der Waals surface area contributed by atoms with Crippen molar-refractivity contribution in [1.29, 1.82) is 0 Å². The quantitative estimate of drug-likeness (QED) is 0.165. The van der Waals surface area contributed by atoms with Crippen molar-refractivity contribution in [3.05, 3.63) is 102 Å². The molecule has 6 nitrogen and oxygen atoms in total. The second kappa shape index (κ2) is 10.1. The Morgan fingerprint density at radius 3 is 2.54 bits per heavy atom. The minimum Gasteiger partial charge on any atom is -0.491 e. The van der Waals surface area contributed by atoms with E-state index in [0.717, 1.165) is 27.6 Å². The average molecular weight is 463 g/mol. The van der Waals surface area contributed by atoms with E-state index in [1.165, 1.54) is 0 Å². The van der Waals surface area contributed by atoms with Gasteiger partial charge in [-0.05, 0) is 47.9 Å². The zero-order valence-corrected chi connectivity index (χ0v) is 19.1. The van der Waals surface area contributed by atoms with Gasteiger partial charge >= 0.3 is 0 Å². The molecule has 35 heavy (non-hydrogen) atoms. The molecule has 5 aromatic rings. The van der Waals surface area contributed by atoms with Gasteiger partial charge in [0.25, 0.3) is 0 Å². The number of hydrogen-bond acceptors (Lipinski definition) is 6. The van der Waals surface area contributed by atoms with Crippen LogP contribution in [-0.2, 0) is 4.74 Å². The van der Waals surface area contributed by atoms with Crippen molar-refractivity contribution in [2.45, 2.75) is 0 Å². The molecular weight excluding hydrogens is 440 g/mol. The summed E-state index contributed by atoms with van der Waals surface area (Å²) in [4.78, 5) is 4.53. The van der Waals surface area contributed by atoms with Gasteiger partial charge in [0, 0.05) is 41.3 Å². The Morgan fingerprint density at radius 1 is 0.886 bits per heavy atom. The van der Waals surface area contributed by atoms with Gasteiger partial charge in [0.15, 0.2) is 5.76 Å². The first kappa shape index (κ1) is 22.2. The third-order valence-electron chi connectivity index (χ3n) is 5.48. The average Bonchev–Trinajstić information content (AvgIpc) is 2.91. The van der Waals surface area contributed by atoms with Gasteiger partial charge in [0.1, 0.15) is 29.0 Å². The van der Waals surface area contributed by atoms with Gasteiger partial charge in [-0.3, -0.25) is 4.98 Å². The molecule has 0 aliphatic rings. The lowest BCUT2D eigenvalue weighted by atomic mass is 10.1. The van der Waals surface area contributed by atoms with Crippen LogP contribution in [0.4, 0.5) is 0 Å². The number of nitrogens with zero attached hydrogens (tertiary/aromatic N) is 2. The van der Waals surface area contributed by atoms with Gasteiger partial charge in [0.05, 0.1) is 6.61 Å². The molecule has 0 amide bonds. The maximum Gasteiger partial charge on any atom is 0.155 e. The van der Waals surface area contributed by atoms with Crippen molar-refractivity contribution in [2.75, 3.05) is 20.3 Å². The van der Waals surface area contributed by atoms with Gasteiger partial charge in [-0.15, -0.1) is 0 Å². The highest BCUT2D eigenvalue weighted by molar-refractivity contribution is 5.85. The molecule has 3 aromatic carbocycles. The summed E-state index contributed by atoms with van der Waals surface area (Å²) in [6.07, 6.45) is 1.80. The Bertz CT molecular complexity index is 1640. The number of pyridine rings is 1. The number of benzene rings is 3. The summed E-state index contributed by atoms with van der Waals surface area (Å²) in [7, 11) is 1.64. The van der Waals surface area contributed by atoms with Crippen molar-refractivity contribution in [2.24, 2.45) is 5.16 Å². The molecule has 0 spiro atoms. The number of hydrogen-bond donors (Lipinski definition) is 1. The van der Waals surface area contributed by atoms with Crippen LogP contribution in [0.2, 0.25) is 0 Å². The van der Waals surface area contributed by atoms with Crippen molar-refractivity contribution < 1.29 is 19.1 Å². The summed E-state index contributed by atoms with van der Waals surface area (Å²) in [5, 5.41) is 16.2. The molecule has 172 valence electrons. The second-order valence-corrected chi connectivity index (χ2v) is 7.84. The van der Waals surface area contributed by atoms with Gasteiger partial charge < -0.3 is 19.1 Å². The zero-order valence-electron chi connectivity index (χ0n) is 19.1. The summed E-state index contributed by atoms with van der Waals surface area (Å²) >= 11 is 0. The van der Waals surface area contributed by atoms with Crippen LogP contribution < -0.4 is 10.1 Å². The molecule has 0 aliphatic carbocycles. The van der Waals surface area contributed by atoms with E-state index < -0.39 is 0 Å². The SMILES string of the molecule is COCCOc1cccc(C#Cc2ccc3/c(=N/O)cc(-c4cc5ccccc5cn4)oc3c2)c1. The number of fused-ring (bicyclic) bond motifs is 2. The highest BCUT2D eigenvalue weighted by Crippen LogP contribution is 2.24. The van der Waals surface area contributed by atoms with Crippen LogP contribution in [0.25, 0.3) is 33.2 Å². The Morgan fingerprint density at radius 2 is 1.71 bits per heavy atom. The monoisotopic (exact) mass is 462 g/mol. The Hall–Kier alpha value is -4.60. The number of aromatic nitrogens is 1. The predicted molar refractivity (Wildman–Crippen MR) is 134 cm³/mol. The van der Waals surface area contributed by atoms with Gasteiger partial charge in [-0.1, -0.05) is 47.3 Å². The van der Waals surface area contributed by atoms with Gasteiger partial charge in [-0.25, -0.2) is 0 Å². The molecule has 0 aliphatic heterocycles. The van der Waals surface area contributed by atoms with E-state index >= 15 is 0 Å². The summed E-state index contributed by atoms with van der Waals surface area (Å²) in [5.41, 5.74) is 2.79. The van der Waals surface area contributed by atoms with Gasteiger partial charge in [0.2, 0.25) is 0 Å². The van der Waals surface area contributed by atoms with E-state index in [0.29, 0.717) is 41.0 Å². The third kappa shape index (κ3) is 5.01. The molecule has 0 unspecified atom stereocenters. The first-order valence-electron chi connectivity index (χ1n) is 11.1. The minimum atomic E-state index is 0.400. The molecule has 6 heteroatoms. The van der Waals surface area contributed by atoms with E-state index in [-0.39, 0.29) is 0 Å². The van der Waals surface area contributed by atoms with Crippen molar-refractivity contribution in [1.82, 2.24) is 4.98 Å². The predicted octanol–water partition coefficient (Wildman–Crippen LogP) is 5.36. The molecule has 0 atom stereocenters. The van der Waals surface area contributed by atoms with E-state index in [9.17, 15) is 5.21 Å². The van der Waals surface area contributed by atoms with E-state index in [4.69, 9.17) is 13.9 Å². The lowest BCUT2D eigenvalue weighted by molar-refractivity contribution is 0.146. The summed E-state index contributed by atoms with van der Waals surface area (Å²) in [6.45, 7) is 1.00. The zero-order chi connectivity index (χ0) is 24.0. The van der Waals surface area contributed by atoms with E-state index in [2.05, 4.69) is 22.0 Å². The molecule has 0 radical (unpaired) electrons. The number of ether oxygens (including phenoxy) is 2. The molecule has 0 bridgehead atoms. The first-order chi connectivity index (χ1) is 17.2. The normalized spacial score (nSPS) is 11.4. The summed E-state index contributed by atoms with van der Waals surface area (Å²) in [5.74, 6) is 7.57. The third-order valence-corrected chi connectivity index (χ3v) is 5.48. The molecule has 0 fully saturated rings. The van der Waals surface area contributed by atoms with Crippen molar-refractivity contribution in [3.63, 3.8) is 0 Å². The minimum absolute atomic E-state index is 0.400. The molecule has 5 rings (SSSR count). The van der Waals surface area contributed by atoms with Crippen molar-refractivity contribution >= 4 is 21.7 Å². The maximum atomic E-state index is 9.62. The van der Waals surface area contributed by atoms with Crippen LogP contribution in [0.15, 0.2) is 94.6 Å². The Balaban J connectivity index is 1.50. The highest BCUT2D eigenvalue weighted by atomic mass is 16.5. The van der Waals surface area contributed by atoms with Crippen LogP contribution in [0.5, 0.6) is 5.75 Å². The molecule has 2 heterocycles. The smallest absolute Gasteiger partial charge is 0.155 e. The Kier molecular flexibility index (Phi) is 6.42. The largest absolute Gasteiger partial charge is 0.491 e. The number of methoxy groups -OCH3 is 1. The molecule has 1 N–H and O–H groups in total. The van der Waals surface area contributed by atoms with Gasteiger partial charge in [-0.2, -0.15) is 0 Å². The van der Waals surface area contributed by atoms with Crippen LogP contribution in [0, 0.1) is 11.8 Å². The Labute approximate surface area is 202 Å². The maximum absolute atomic E-state index is 9.62. The topological polar surface area (TPSA) is 77.1 Å². The van der Waals surface area contributed by atoms with Crippen molar-refractivity contribution in [3.8, 4) is 29.0 Å². The standard InChI is InChI=1S/C29H22N2O4/c1-33-13-14-34-24-8-4-5-20(15-24)9-10-21-11-12-25-26(31-32)18-29(35-28(25)16-21)27-17-22-6-2-3-7-23(22)19-30-27/h2-8,11-12,15-19,32H,13-14H2,1H3/b31-26+. The van der Waals surface area contributed by atoms with Crippen LogP contribution >= 0.6 is 0 Å². The van der Waals surface area contributed by atoms with Crippen LogP contribution in [0.3, 0.4) is 0 Å². The van der Waals surface area contributed by atoms with E-state index in [1.807, 2.05) is 72.8 Å². The lowest BCUT2D eigenvalue weighted by Gasteiger charge is -2.06. The summed E-state index contributed by atoms with van der Waals surface area (Å²) in [6, 6.07) is 24.7. The molecule has 0 saturated heterocycles. The van der Waals surface area contributed by atoms with Crippen LogP contribution in [-0.4, -0.2) is 30.5 Å². The first-order valence-corrected chi connectivity index (χ1v) is 11.1. The number of rotatable bonds is 5. The van der Waals surface area contributed by atoms with E-state index in [1.54, 1.807) is 19.4 Å². The fourth-order valence-corrected chi connectivity index (χ4v) is 3.72. The molecule has 2 aromatic heterocycles. The second-order valence-electron chi connectivity index (χ2n) is 7.84.